The smallest absolute Gasteiger partial charge is 0.253 e. The number of fused-ring (bicyclic) bond motifs is 3. The molecule has 0 fully saturated rings. The van der Waals surface area contributed by atoms with Crippen molar-refractivity contribution in [2.75, 3.05) is 5.88 Å². The number of nitrogens with zero attached hydrogens (tertiary/aromatic N) is 1. The second-order valence-electron chi connectivity index (χ2n) is 3.83. The molecular weight excluding hydrogens is 250 g/mol. The van der Waals surface area contributed by atoms with Crippen LogP contribution in [-0.2, 0) is 0 Å². The summed E-state index contributed by atoms with van der Waals surface area (Å²) < 4.78 is 5.72. The summed E-state index contributed by atoms with van der Waals surface area (Å²) in [4.78, 5) is 11.0. The average molecular weight is 259 g/mol. The lowest BCUT2D eigenvalue weighted by Crippen LogP contribution is -1.94. The monoisotopic (exact) mass is 259 g/mol. The highest BCUT2D eigenvalue weighted by atomic mass is 32.2. The molecule has 90 valence electrons. The molecule has 0 N–H and O–H groups in total. The Hall–Kier alpha value is -2.01. The van der Waals surface area contributed by atoms with E-state index >= 15 is 0 Å². The van der Waals surface area contributed by atoms with Gasteiger partial charge in [-0.2, -0.15) is 0 Å². The van der Waals surface area contributed by atoms with Gasteiger partial charge in [0, 0.05) is 20.6 Å². The van der Waals surface area contributed by atoms with E-state index in [-0.39, 0.29) is 10.8 Å². The number of para-hydroxylation sites is 1. The summed E-state index contributed by atoms with van der Waals surface area (Å²) in [6.45, 7) is 0. The van der Waals surface area contributed by atoms with Crippen LogP contribution in [0.5, 0.6) is 0 Å². The molecule has 0 bridgehead atoms. The summed E-state index contributed by atoms with van der Waals surface area (Å²) in [7, 11) is 0. The fraction of sp³-hybridized carbons (Fsp3) is 0.0769. The van der Waals surface area contributed by atoms with Crippen molar-refractivity contribution in [3.63, 3.8) is 0 Å². The highest BCUT2D eigenvalue weighted by Crippen LogP contribution is 2.35. The highest BCUT2D eigenvalue weighted by Gasteiger charge is 2.12. The predicted octanol–water partition coefficient (Wildman–Crippen LogP) is 3.91. The molecular formula is C13H9NO3S. The molecule has 0 amide bonds. The third-order valence-electron chi connectivity index (χ3n) is 2.69. The first-order valence-corrected chi connectivity index (χ1v) is 6.39. The third kappa shape index (κ3) is 1.82. The van der Waals surface area contributed by atoms with E-state index in [0.29, 0.717) is 0 Å². The van der Waals surface area contributed by atoms with Crippen LogP contribution in [0.25, 0.3) is 21.9 Å². The summed E-state index contributed by atoms with van der Waals surface area (Å²) in [5, 5.41) is 12.4. The zero-order valence-electron chi connectivity index (χ0n) is 9.33. The van der Waals surface area contributed by atoms with E-state index in [0.717, 1.165) is 26.8 Å². The van der Waals surface area contributed by atoms with Gasteiger partial charge >= 0.3 is 0 Å². The summed E-state index contributed by atoms with van der Waals surface area (Å²) >= 11 is 1.22. The van der Waals surface area contributed by atoms with Gasteiger partial charge in [-0.05, 0) is 30.0 Å². The summed E-state index contributed by atoms with van der Waals surface area (Å²) in [6.07, 6.45) is 0. The lowest BCUT2D eigenvalue weighted by Gasteiger charge is -1.98. The molecule has 3 aromatic rings. The van der Waals surface area contributed by atoms with Gasteiger partial charge in [0.25, 0.3) is 5.88 Å². The molecule has 5 heteroatoms. The zero-order chi connectivity index (χ0) is 12.5. The Morgan fingerprint density at radius 1 is 1.11 bits per heavy atom. The van der Waals surface area contributed by atoms with Crippen LogP contribution in [0.1, 0.15) is 0 Å². The maximum absolute atomic E-state index is 10.5. The van der Waals surface area contributed by atoms with Gasteiger partial charge in [0.05, 0.1) is 0 Å². The van der Waals surface area contributed by atoms with Crippen molar-refractivity contribution >= 4 is 33.7 Å². The van der Waals surface area contributed by atoms with Crippen molar-refractivity contribution in [3.05, 3.63) is 52.6 Å². The molecule has 0 atom stereocenters. The van der Waals surface area contributed by atoms with Crippen LogP contribution in [0.15, 0.2) is 51.8 Å². The zero-order valence-corrected chi connectivity index (χ0v) is 10.1. The fourth-order valence-corrected chi connectivity index (χ4v) is 2.76. The molecule has 1 heterocycles. The van der Waals surface area contributed by atoms with Crippen molar-refractivity contribution in [1.29, 1.82) is 0 Å². The molecule has 0 aliphatic heterocycles. The van der Waals surface area contributed by atoms with Crippen LogP contribution in [-0.4, -0.2) is 10.8 Å². The molecule has 0 radical (unpaired) electrons. The molecule has 0 aliphatic rings. The Bertz CT molecular complexity index is 735. The third-order valence-corrected chi connectivity index (χ3v) is 3.68. The molecule has 3 rings (SSSR count). The van der Waals surface area contributed by atoms with Gasteiger partial charge in [-0.15, -0.1) is 0 Å². The van der Waals surface area contributed by atoms with Crippen molar-refractivity contribution in [2.45, 2.75) is 4.90 Å². The molecule has 1 aromatic heterocycles. The summed E-state index contributed by atoms with van der Waals surface area (Å²) in [5.74, 6) is -0.140. The first kappa shape index (κ1) is 11.1. The molecule has 0 saturated carbocycles. The first-order chi connectivity index (χ1) is 8.75. The van der Waals surface area contributed by atoms with Gasteiger partial charge in [-0.3, -0.25) is 10.1 Å². The summed E-state index contributed by atoms with van der Waals surface area (Å²) in [5.41, 5.74) is 1.58. The SMILES string of the molecule is O=[N+]([O-])CSc1cccc2oc3ccccc3c12. The van der Waals surface area contributed by atoms with E-state index in [1.54, 1.807) is 0 Å². The van der Waals surface area contributed by atoms with Crippen molar-refractivity contribution in [1.82, 2.24) is 0 Å². The Balaban J connectivity index is 2.21. The number of hydrogen-bond acceptors (Lipinski definition) is 4. The predicted molar refractivity (Wildman–Crippen MR) is 71.4 cm³/mol. The van der Waals surface area contributed by atoms with E-state index in [9.17, 15) is 10.1 Å². The van der Waals surface area contributed by atoms with Gasteiger partial charge in [-0.25, -0.2) is 0 Å². The van der Waals surface area contributed by atoms with E-state index < -0.39 is 0 Å². The number of furan rings is 1. The van der Waals surface area contributed by atoms with Crippen molar-refractivity contribution in [2.24, 2.45) is 0 Å². The lowest BCUT2D eigenvalue weighted by molar-refractivity contribution is -0.456. The standard InChI is InChI=1S/C13H9NO3S/c15-14(16)8-18-12-7-3-6-11-13(12)9-4-1-2-5-10(9)17-11/h1-7H,8H2. The minimum absolute atomic E-state index is 0.140. The second kappa shape index (κ2) is 4.34. The topological polar surface area (TPSA) is 56.3 Å². The summed E-state index contributed by atoms with van der Waals surface area (Å²) in [6, 6.07) is 13.3. The van der Waals surface area contributed by atoms with Crippen molar-refractivity contribution < 1.29 is 9.34 Å². The van der Waals surface area contributed by atoms with Gasteiger partial charge in [-0.1, -0.05) is 24.3 Å². The van der Waals surface area contributed by atoms with Crippen LogP contribution in [0.2, 0.25) is 0 Å². The molecule has 0 aliphatic carbocycles. The Labute approximate surface area is 107 Å². The van der Waals surface area contributed by atoms with Gasteiger partial charge in [0.2, 0.25) is 0 Å². The number of hydrogen-bond donors (Lipinski definition) is 0. The number of rotatable bonds is 3. The molecule has 0 unspecified atom stereocenters. The van der Waals surface area contributed by atoms with Crippen LogP contribution < -0.4 is 0 Å². The first-order valence-electron chi connectivity index (χ1n) is 5.40. The minimum Gasteiger partial charge on any atom is -0.456 e. The van der Waals surface area contributed by atoms with Crippen LogP contribution in [0.3, 0.4) is 0 Å². The van der Waals surface area contributed by atoms with E-state index in [1.165, 1.54) is 11.8 Å². The normalized spacial score (nSPS) is 11.1. The quantitative estimate of drug-likeness (QED) is 0.309. The number of nitro groups is 1. The average Bonchev–Trinajstić information content (AvgIpc) is 2.75. The molecule has 18 heavy (non-hydrogen) atoms. The van der Waals surface area contributed by atoms with Gasteiger partial charge in [0.1, 0.15) is 11.2 Å². The fourth-order valence-electron chi connectivity index (χ4n) is 1.98. The Morgan fingerprint density at radius 3 is 2.72 bits per heavy atom. The maximum Gasteiger partial charge on any atom is 0.253 e. The Kier molecular flexibility index (Phi) is 2.68. The van der Waals surface area contributed by atoms with Gasteiger partial charge < -0.3 is 4.42 Å². The maximum atomic E-state index is 10.5. The van der Waals surface area contributed by atoms with Crippen LogP contribution in [0, 0.1) is 10.1 Å². The van der Waals surface area contributed by atoms with Crippen LogP contribution >= 0.6 is 11.8 Å². The Morgan fingerprint density at radius 2 is 1.89 bits per heavy atom. The molecule has 4 nitrogen and oxygen atoms in total. The molecule has 0 saturated heterocycles. The van der Waals surface area contributed by atoms with E-state index in [2.05, 4.69) is 0 Å². The second-order valence-corrected chi connectivity index (χ2v) is 4.82. The van der Waals surface area contributed by atoms with Gasteiger partial charge in [0.15, 0.2) is 0 Å². The largest absolute Gasteiger partial charge is 0.456 e. The number of thioether (sulfide) groups is 1. The number of benzene rings is 2. The van der Waals surface area contributed by atoms with Crippen LogP contribution in [0.4, 0.5) is 0 Å². The minimum atomic E-state index is -0.328. The molecule has 2 aromatic carbocycles. The van der Waals surface area contributed by atoms with E-state index in [4.69, 9.17) is 4.42 Å². The van der Waals surface area contributed by atoms with Crippen molar-refractivity contribution in [3.8, 4) is 0 Å². The molecule has 0 spiro atoms. The van der Waals surface area contributed by atoms with E-state index in [1.807, 2.05) is 42.5 Å². The highest BCUT2D eigenvalue weighted by molar-refractivity contribution is 7.99. The lowest BCUT2D eigenvalue weighted by atomic mass is 10.1.